The fourth-order valence-corrected chi connectivity index (χ4v) is 2.87. The molecule has 0 unspecified atom stereocenters. The van der Waals surface area contributed by atoms with E-state index in [-0.39, 0.29) is 0 Å². The minimum atomic E-state index is -1.50. The van der Waals surface area contributed by atoms with Crippen molar-refractivity contribution in [2.45, 2.75) is 83.5 Å². The van der Waals surface area contributed by atoms with Gasteiger partial charge in [-0.1, -0.05) is 46.5 Å². The minimum Gasteiger partial charge on any atom is -0.417 e. The van der Waals surface area contributed by atoms with Crippen LogP contribution in [0, 0.1) is 0 Å². The number of rotatable bonds is 9. The molecule has 1 fully saturated rings. The predicted molar refractivity (Wildman–Crippen MR) is 80.6 cm³/mol. The maximum Gasteiger partial charge on any atom is 0.191 e. The van der Waals surface area contributed by atoms with Gasteiger partial charge < -0.3 is 9.16 Å². The van der Waals surface area contributed by atoms with Gasteiger partial charge in [-0.05, 0) is 31.0 Å². The van der Waals surface area contributed by atoms with Gasteiger partial charge in [0.25, 0.3) is 0 Å². The number of ether oxygens (including phenoxy) is 1. The third-order valence-corrected chi connectivity index (χ3v) is 8.88. The van der Waals surface area contributed by atoms with Gasteiger partial charge in [0, 0.05) is 6.61 Å². The van der Waals surface area contributed by atoms with Gasteiger partial charge in [0.15, 0.2) is 8.32 Å². The molecule has 0 aliphatic carbocycles. The highest BCUT2D eigenvalue weighted by Gasteiger charge is 2.36. The highest BCUT2D eigenvalue weighted by atomic mass is 28.4. The lowest BCUT2D eigenvalue weighted by molar-refractivity contribution is 0.277. The zero-order valence-electron chi connectivity index (χ0n) is 13.1. The Morgan fingerprint density at radius 2 is 1.61 bits per heavy atom. The molecule has 1 aliphatic heterocycles. The van der Waals surface area contributed by atoms with E-state index in [2.05, 4.69) is 33.9 Å². The average Bonchev–Trinajstić information content (AvgIpc) is 3.04. The van der Waals surface area contributed by atoms with Crippen molar-refractivity contribution in [2.24, 2.45) is 0 Å². The van der Waals surface area contributed by atoms with Crippen LogP contribution in [0.1, 0.15) is 59.3 Å². The molecule has 1 heterocycles. The average molecular weight is 273 g/mol. The fraction of sp³-hybridized carbons (Fsp3) is 1.00. The first-order valence-corrected chi connectivity index (χ1v) is 10.5. The summed E-state index contributed by atoms with van der Waals surface area (Å²) in [5, 5.41) is 0.345. The molecule has 1 rings (SSSR count). The third-order valence-electron chi connectivity index (χ3n) is 4.34. The van der Waals surface area contributed by atoms with Gasteiger partial charge in [-0.15, -0.1) is 0 Å². The number of hydrogen-bond donors (Lipinski definition) is 0. The van der Waals surface area contributed by atoms with Crippen LogP contribution in [0.15, 0.2) is 0 Å². The summed E-state index contributed by atoms with van der Waals surface area (Å²) in [4.78, 5) is 0. The zero-order chi connectivity index (χ0) is 13.6. The Labute approximate surface area is 115 Å². The molecule has 0 amide bonds. The molecular weight excluding hydrogens is 240 g/mol. The van der Waals surface area contributed by atoms with Crippen molar-refractivity contribution >= 4 is 8.32 Å². The van der Waals surface area contributed by atoms with E-state index in [0.717, 1.165) is 13.2 Å². The fourth-order valence-electron chi connectivity index (χ4n) is 1.78. The molecule has 108 valence electrons. The van der Waals surface area contributed by atoms with Crippen LogP contribution in [0.4, 0.5) is 0 Å². The summed E-state index contributed by atoms with van der Waals surface area (Å²) >= 11 is 0. The highest BCUT2D eigenvalue weighted by molar-refractivity contribution is 6.74. The van der Waals surface area contributed by atoms with Gasteiger partial charge in [0.2, 0.25) is 0 Å². The maximum atomic E-state index is 6.17. The topological polar surface area (TPSA) is 21.8 Å². The molecule has 0 bridgehead atoms. The minimum absolute atomic E-state index is 0.345. The second-order valence-corrected chi connectivity index (χ2v) is 11.9. The zero-order valence-corrected chi connectivity index (χ0v) is 14.1. The smallest absolute Gasteiger partial charge is 0.191 e. The van der Waals surface area contributed by atoms with Crippen LogP contribution in [0.3, 0.4) is 0 Å². The summed E-state index contributed by atoms with van der Waals surface area (Å²) in [5.41, 5.74) is 0. The lowest BCUT2D eigenvalue weighted by atomic mass is 10.1. The van der Waals surface area contributed by atoms with E-state index in [9.17, 15) is 0 Å². The molecule has 0 radical (unpaired) electrons. The van der Waals surface area contributed by atoms with E-state index in [4.69, 9.17) is 9.16 Å². The molecule has 1 saturated heterocycles. The van der Waals surface area contributed by atoms with Gasteiger partial charge in [-0.3, -0.25) is 0 Å². The van der Waals surface area contributed by atoms with Crippen molar-refractivity contribution in [2.75, 3.05) is 13.2 Å². The molecule has 3 heteroatoms. The number of epoxide rings is 1. The highest BCUT2D eigenvalue weighted by Crippen LogP contribution is 2.36. The Hall–Kier alpha value is 0.137. The summed E-state index contributed by atoms with van der Waals surface area (Å²) in [6.45, 7) is 13.6. The quantitative estimate of drug-likeness (QED) is 0.343. The summed E-state index contributed by atoms with van der Waals surface area (Å²) in [6, 6.07) is 0. The summed E-state index contributed by atoms with van der Waals surface area (Å²) in [6.07, 6.45) is 8.50. The van der Waals surface area contributed by atoms with Crippen LogP contribution in [0.25, 0.3) is 0 Å². The van der Waals surface area contributed by atoms with E-state index in [1.54, 1.807) is 0 Å². The van der Waals surface area contributed by atoms with Crippen molar-refractivity contribution in [1.29, 1.82) is 0 Å². The van der Waals surface area contributed by atoms with Gasteiger partial charge in [-0.25, -0.2) is 0 Å². The lowest BCUT2D eigenvalue weighted by Crippen LogP contribution is -2.40. The molecule has 0 spiro atoms. The van der Waals surface area contributed by atoms with Crippen LogP contribution in [-0.2, 0) is 9.16 Å². The molecule has 2 nitrogen and oxygen atoms in total. The predicted octanol–water partition coefficient (Wildman–Crippen LogP) is 4.75. The van der Waals surface area contributed by atoms with Crippen molar-refractivity contribution in [3.63, 3.8) is 0 Å². The molecule has 0 aromatic rings. The van der Waals surface area contributed by atoms with Crippen molar-refractivity contribution < 1.29 is 9.16 Å². The molecule has 0 saturated carbocycles. The first-order valence-electron chi connectivity index (χ1n) is 7.58. The Morgan fingerprint density at radius 3 is 2.17 bits per heavy atom. The second kappa shape index (κ2) is 7.06. The molecule has 0 N–H and O–H groups in total. The maximum absolute atomic E-state index is 6.17. The van der Waals surface area contributed by atoms with Crippen molar-refractivity contribution in [3.8, 4) is 0 Å². The normalized spacial score (nSPS) is 20.2. The van der Waals surface area contributed by atoms with Crippen LogP contribution in [0.5, 0.6) is 0 Å². The molecule has 0 aromatic carbocycles. The lowest BCUT2D eigenvalue weighted by Gasteiger charge is -2.36. The van der Waals surface area contributed by atoms with E-state index in [1.807, 2.05) is 0 Å². The van der Waals surface area contributed by atoms with Crippen LogP contribution >= 0.6 is 0 Å². The molecule has 18 heavy (non-hydrogen) atoms. The summed E-state index contributed by atoms with van der Waals surface area (Å²) < 4.78 is 11.4. The molecular formula is C15H32O2Si. The van der Waals surface area contributed by atoms with Crippen molar-refractivity contribution in [3.05, 3.63) is 0 Å². The standard InChI is InChI=1S/C15H32O2Si/c1-15(2,3)18(4,5)17-12-10-8-6-7-9-11-14-13-16-14/h14H,6-13H2,1-5H3/t14-/m1/s1. The van der Waals surface area contributed by atoms with Crippen LogP contribution < -0.4 is 0 Å². The van der Waals surface area contributed by atoms with Crippen LogP contribution in [0.2, 0.25) is 18.1 Å². The number of hydrogen-bond acceptors (Lipinski definition) is 2. The van der Waals surface area contributed by atoms with Gasteiger partial charge in [0.05, 0.1) is 12.7 Å². The SMILES string of the molecule is CC(C)(C)[Si](C)(C)OCCCCCCC[C@@H]1CO1. The van der Waals surface area contributed by atoms with E-state index in [1.165, 1.54) is 38.5 Å². The van der Waals surface area contributed by atoms with E-state index < -0.39 is 8.32 Å². The first kappa shape index (κ1) is 16.2. The largest absolute Gasteiger partial charge is 0.417 e. The van der Waals surface area contributed by atoms with Gasteiger partial charge in [-0.2, -0.15) is 0 Å². The van der Waals surface area contributed by atoms with E-state index >= 15 is 0 Å². The van der Waals surface area contributed by atoms with Crippen molar-refractivity contribution in [1.82, 2.24) is 0 Å². The van der Waals surface area contributed by atoms with Gasteiger partial charge in [0.1, 0.15) is 0 Å². The molecule has 0 aromatic heterocycles. The van der Waals surface area contributed by atoms with Gasteiger partial charge >= 0.3 is 0 Å². The van der Waals surface area contributed by atoms with E-state index in [0.29, 0.717) is 11.1 Å². The molecule has 1 atom stereocenters. The molecule has 1 aliphatic rings. The second-order valence-electron chi connectivity index (χ2n) is 7.12. The van der Waals surface area contributed by atoms with Crippen LogP contribution in [-0.4, -0.2) is 27.6 Å². The third kappa shape index (κ3) is 6.35. The first-order chi connectivity index (χ1) is 8.33. The summed E-state index contributed by atoms with van der Waals surface area (Å²) in [5.74, 6) is 0. The number of unbranched alkanes of at least 4 members (excludes halogenated alkanes) is 4. The summed E-state index contributed by atoms with van der Waals surface area (Å²) in [7, 11) is -1.50. The Kier molecular flexibility index (Phi) is 6.35. The Balaban J connectivity index is 1.91. The monoisotopic (exact) mass is 272 g/mol. The Bertz CT molecular complexity index is 229. The Morgan fingerprint density at radius 1 is 1.06 bits per heavy atom.